The first-order chi connectivity index (χ1) is 7.66. The summed E-state index contributed by atoms with van der Waals surface area (Å²) in [6, 6.07) is 1.47. The van der Waals surface area contributed by atoms with Crippen LogP contribution < -0.4 is 11.1 Å². The number of amides is 1. The highest BCUT2D eigenvalue weighted by molar-refractivity contribution is 6.28. The summed E-state index contributed by atoms with van der Waals surface area (Å²) in [5, 5.41) is 9.03. The topological polar surface area (TPSA) is 120 Å². The molecule has 3 N–H and O–H groups in total. The van der Waals surface area contributed by atoms with Gasteiger partial charge in [-0.2, -0.15) is 0 Å². The molecular formula is C7H5ClN6O2. The second-order valence-corrected chi connectivity index (χ2v) is 3.00. The number of hydrogen-bond acceptors (Lipinski definition) is 7. The molecule has 0 aliphatic rings. The van der Waals surface area contributed by atoms with E-state index in [1.165, 1.54) is 12.3 Å². The molecule has 0 bridgehead atoms. The monoisotopic (exact) mass is 240 g/mol. The van der Waals surface area contributed by atoms with E-state index in [1.807, 2.05) is 0 Å². The highest BCUT2D eigenvalue weighted by Gasteiger charge is 2.16. The van der Waals surface area contributed by atoms with Gasteiger partial charge in [-0.25, -0.2) is 14.6 Å². The summed E-state index contributed by atoms with van der Waals surface area (Å²) in [5.74, 6) is -0.460. The highest BCUT2D eigenvalue weighted by Crippen LogP contribution is 2.10. The van der Waals surface area contributed by atoms with Gasteiger partial charge in [0.1, 0.15) is 5.82 Å². The fourth-order valence-electron chi connectivity index (χ4n) is 0.933. The molecule has 2 rings (SSSR count). The Morgan fingerprint density at radius 3 is 2.94 bits per heavy atom. The number of nitrogen functional groups attached to an aromatic ring is 1. The molecule has 0 saturated carbocycles. The molecule has 0 fully saturated rings. The molecule has 0 aliphatic carbocycles. The van der Waals surface area contributed by atoms with Crippen molar-refractivity contribution in [2.24, 2.45) is 0 Å². The molecule has 2 aromatic rings. The number of aromatic nitrogens is 4. The molecule has 0 aliphatic heterocycles. The SMILES string of the molecule is Nc1nonc1C(=O)Nc1ccnc(Cl)n1. The zero-order chi connectivity index (χ0) is 11.5. The van der Waals surface area contributed by atoms with Crippen molar-refractivity contribution in [2.45, 2.75) is 0 Å². The van der Waals surface area contributed by atoms with E-state index in [4.69, 9.17) is 17.3 Å². The molecule has 82 valence electrons. The molecule has 0 radical (unpaired) electrons. The van der Waals surface area contributed by atoms with Crippen molar-refractivity contribution in [3.8, 4) is 0 Å². The number of rotatable bonds is 2. The Morgan fingerprint density at radius 1 is 1.50 bits per heavy atom. The summed E-state index contributed by atoms with van der Waals surface area (Å²) >= 11 is 5.54. The van der Waals surface area contributed by atoms with Gasteiger partial charge >= 0.3 is 0 Å². The fraction of sp³-hybridized carbons (Fsp3) is 0. The van der Waals surface area contributed by atoms with Crippen LogP contribution in [0.5, 0.6) is 0 Å². The van der Waals surface area contributed by atoms with E-state index in [-0.39, 0.29) is 22.6 Å². The number of carbonyl (C=O) groups excluding carboxylic acids is 1. The number of nitrogens with one attached hydrogen (secondary N) is 1. The standard InChI is InChI=1S/C7H5ClN6O2/c8-7-10-2-1-3(12-7)11-6(15)4-5(9)14-16-13-4/h1-2H,(H2,9,14)(H,10,11,12,15). The molecule has 0 unspecified atom stereocenters. The lowest BCUT2D eigenvalue weighted by Crippen LogP contribution is -2.15. The maximum absolute atomic E-state index is 11.6. The van der Waals surface area contributed by atoms with Crippen molar-refractivity contribution in [2.75, 3.05) is 11.1 Å². The Hall–Kier alpha value is -2.22. The minimum Gasteiger partial charge on any atom is -0.379 e. The van der Waals surface area contributed by atoms with Gasteiger partial charge in [-0.05, 0) is 28.0 Å². The average Bonchev–Trinajstić information content (AvgIpc) is 2.64. The normalized spacial score (nSPS) is 10.1. The van der Waals surface area contributed by atoms with Gasteiger partial charge < -0.3 is 11.1 Å². The first-order valence-corrected chi connectivity index (χ1v) is 4.42. The van der Waals surface area contributed by atoms with Crippen LogP contribution in [0.1, 0.15) is 10.5 Å². The van der Waals surface area contributed by atoms with Crippen LogP contribution in [0.3, 0.4) is 0 Å². The molecule has 9 heteroatoms. The molecule has 8 nitrogen and oxygen atoms in total. The van der Waals surface area contributed by atoms with Crippen LogP contribution in [0.15, 0.2) is 16.9 Å². The summed E-state index contributed by atoms with van der Waals surface area (Å²) in [5.41, 5.74) is 5.22. The number of nitrogens with two attached hydrogens (primary N) is 1. The predicted octanol–water partition coefficient (Wildman–Crippen LogP) is 0.347. The largest absolute Gasteiger partial charge is 0.379 e. The summed E-state index contributed by atoms with van der Waals surface area (Å²) in [6.45, 7) is 0. The zero-order valence-electron chi connectivity index (χ0n) is 7.72. The number of anilines is 2. The Labute approximate surface area is 93.8 Å². The molecule has 1 amide bonds. The summed E-state index contributed by atoms with van der Waals surface area (Å²) in [7, 11) is 0. The molecule has 2 heterocycles. The average molecular weight is 241 g/mol. The van der Waals surface area contributed by atoms with Crippen LogP contribution in [-0.4, -0.2) is 26.2 Å². The summed E-state index contributed by atoms with van der Waals surface area (Å²) in [4.78, 5) is 19.0. The summed E-state index contributed by atoms with van der Waals surface area (Å²) in [6.07, 6.45) is 1.40. The van der Waals surface area contributed by atoms with Crippen LogP contribution in [0.4, 0.5) is 11.6 Å². The second-order valence-electron chi connectivity index (χ2n) is 2.66. The molecule has 16 heavy (non-hydrogen) atoms. The molecule has 0 saturated heterocycles. The number of nitrogens with zero attached hydrogens (tertiary/aromatic N) is 4. The minimum atomic E-state index is -0.589. The molecule has 0 spiro atoms. The van der Waals surface area contributed by atoms with E-state index in [2.05, 4.69) is 30.2 Å². The third kappa shape index (κ3) is 2.06. The van der Waals surface area contributed by atoms with Crippen LogP contribution in [0.2, 0.25) is 5.28 Å². The van der Waals surface area contributed by atoms with Gasteiger partial charge in [-0.1, -0.05) is 0 Å². The smallest absolute Gasteiger partial charge is 0.282 e. The van der Waals surface area contributed by atoms with Crippen molar-refractivity contribution in [1.82, 2.24) is 20.3 Å². The third-order valence-corrected chi connectivity index (χ3v) is 1.78. The Balaban J connectivity index is 2.17. The first kappa shape index (κ1) is 10.3. The van der Waals surface area contributed by atoms with Gasteiger partial charge in [0.15, 0.2) is 0 Å². The molecule has 0 atom stereocenters. The van der Waals surface area contributed by atoms with Gasteiger partial charge in [0.05, 0.1) is 0 Å². The van der Waals surface area contributed by atoms with E-state index in [1.54, 1.807) is 0 Å². The van der Waals surface area contributed by atoms with Crippen molar-refractivity contribution >= 4 is 29.1 Å². The maximum atomic E-state index is 11.6. The Bertz CT molecular complexity index is 527. The van der Waals surface area contributed by atoms with Gasteiger partial charge in [0, 0.05) is 6.20 Å². The van der Waals surface area contributed by atoms with Crippen LogP contribution in [-0.2, 0) is 0 Å². The summed E-state index contributed by atoms with van der Waals surface area (Å²) < 4.78 is 4.28. The van der Waals surface area contributed by atoms with Gasteiger partial charge in [-0.15, -0.1) is 0 Å². The Morgan fingerprint density at radius 2 is 2.31 bits per heavy atom. The lowest BCUT2D eigenvalue weighted by molar-refractivity contribution is 0.101. The van der Waals surface area contributed by atoms with Crippen molar-refractivity contribution < 1.29 is 9.42 Å². The van der Waals surface area contributed by atoms with Crippen molar-refractivity contribution in [1.29, 1.82) is 0 Å². The zero-order valence-corrected chi connectivity index (χ0v) is 8.47. The lowest BCUT2D eigenvalue weighted by atomic mass is 10.4. The molecular weight excluding hydrogens is 236 g/mol. The third-order valence-electron chi connectivity index (χ3n) is 1.60. The van der Waals surface area contributed by atoms with E-state index < -0.39 is 5.91 Å². The van der Waals surface area contributed by atoms with E-state index in [0.29, 0.717) is 0 Å². The molecule has 0 aromatic carbocycles. The quantitative estimate of drug-likeness (QED) is 0.727. The number of carbonyl (C=O) groups is 1. The van der Waals surface area contributed by atoms with Gasteiger partial charge in [-0.3, -0.25) is 4.79 Å². The predicted molar refractivity (Wildman–Crippen MR) is 53.7 cm³/mol. The second kappa shape index (κ2) is 4.11. The van der Waals surface area contributed by atoms with Gasteiger partial charge in [0.25, 0.3) is 5.91 Å². The van der Waals surface area contributed by atoms with Crippen LogP contribution >= 0.6 is 11.6 Å². The van der Waals surface area contributed by atoms with E-state index in [9.17, 15) is 4.79 Å². The van der Waals surface area contributed by atoms with Gasteiger partial charge in [0.2, 0.25) is 16.8 Å². The number of halogens is 1. The van der Waals surface area contributed by atoms with Crippen molar-refractivity contribution in [3.05, 3.63) is 23.2 Å². The van der Waals surface area contributed by atoms with Crippen LogP contribution in [0.25, 0.3) is 0 Å². The minimum absolute atomic E-state index is 0.0176. The highest BCUT2D eigenvalue weighted by atomic mass is 35.5. The first-order valence-electron chi connectivity index (χ1n) is 4.05. The van der Waals surface area contributed by atoms with Crippen LogP contribution in [0, 0.1) is 0 Å². The Kier molecular flexibility index (Phi) is 2.64. The number of hydrogen-bond donors (Lipinski definition) is 2. The lowest BCUT2D eigenvalue weighted by Gasteiger charge is -2.00. The fourth-order valence-corrected chi connectivity index (χ4v) is 1.08. The van der Waals surface area contributed by atoms with E-state index >= 15 is 0 Å². The van der Waals surface area contributed by atoms with E-state index in [0.717, 1.165) is 0 Å². The van der Waals surface area contributed by atoms with Crippen molar-refractivity contribution in [3.63, 3.8) is 0 Å². The maximum Gasteiger partial charge on any atom is 0.282 e. The molecule has 2 aromatic heterocycles.